The SMILES string of the molecule is CC(C)(C)OC(=O)C[C@H](NC1(CNC(=O)OCc2ccccc2)COC1)C(=O)O. The number of carbonyl (C=O) groups excluding carboxylic acids is 2. The van der Waals surface area contributed by atoms with Gasteiger partial charge in [-0.15, -0.1) is 0 Å². The Kier molecular flexibility index (Phi) is 7.58. The summed E-state index contributed by atoms with van der Waals surface area (Å²) < 4.78 is 15.6. The zero-order valence-corrected chi connectivity index (χ0v) is 16.9. The standard InChI is InChI=1S/C20H28N2O7/c1-19(2,3)29-16(23)9-15(17(24)25)22-20(12-27-13-20)11-21-18(26)28-10-14-7-5-4-6-8-14/h4-8,15,22H,9-13H2,1-3H3,(H,21,26)(H,24,25)/t15-/m0/s1. The van der Waals surface area contributed by atoms with E-state index in [0.717, 1.165) is 5.56 Å². The monoisotopic (exact) mass is 408 g/mol. The number of alkyl carbamates (subject to hydrolysis) is 1. The van der Waals surface area contributed by atoms with Crippen molar-refractivity contribution in [3.63, 3.8) is 0 Å². The van der Waals surface area contributed by atoms with E-state index in [1.165, 1.54) is 0 Å². The molecule has 1 saturated heterocycles. The first-order valence-electron chi connectivity index (χ1n) is 9.33. The highest BCUT2D eigenvalue weighted by Crippen LogP contribution is 2.19. The maximum absolute atomic E-state index is 12.0. The number of nitrogens with one attached hydrogen (secondary N) is 2. The number of amides is 1. The van der Waals surface area contributed by atoms with Gasteiger partial charge in [0.15, 0.2) is 0 Å². The Hall–Kier alpha value is -2.65. The van der Waals surface area contributed by atoms with Crippen LogP contribution in [0.3, 0.4) is 0 Å². The van der Waals surface area contributed by atoms with Crippen LogP contribution in [0.4, 0.5) is 4.79 Å². The van der Waals surface area contributed by atoms with Gasteiger partial charge in [-0.1, -0.05) is 30.3 Å². The number of carbonyl (C=O) groups is 3. The van der Waals surface area contributed by atoms with Crippen molar-refractivity contribution in [2.75, 3.05) is 19.8 Å². The molecule has 0 unspecified atom stereocenters. The van der Waals surface area contributed by atoms with Crippen LogP contribution in [0.5, 0.6) is 0 Å². The zero-order valence-electron chi connectivity index (χ0n) is 16.9. The molecule has 1 atom stereocenters. The summed E-state index contributed by atoms with van der Waals surface area (Å²) in [6.07, 6.45) is -0.965. The lowest BCUT2D eigenvalue weighted by atomic mass is 9.95. The van der Waals surface area contributed by atoms with Crippen LogP contribution < -0.4 is 10.6 Å². The quantitative estimate of drug-likeness (QED) is 0.525. The fraction of sp³-hybridized carbons (Fsp3) is 0.550. The Morgan fingerprint density at radius 1 is 1.21 bits per heavy atom. The van der Waals surface area contributed by atoms with Crippen molar-refractivity contribution in [2.45, 2.75) is 51.0 Å². The van der Waals surface area contributed by atoms with Gasteiger partial charge in [-0.05, 0) is 26.3 Å². The molecule has 0 aromatic heterocycles. The van der Waals surface area contributed by atoms with E-state index in [9.17, 15) is 19.5 Å². The van der Waals surface area contributed by atoms with Gasteiger partial charge in [-0.2, -0.15) is 0 Å². The minimum absolute atomic E-state index is 0.0960. The van der Waals surface area contributed by atoms with Crippen molar-refractivity contribution in [3.05, 3.63) is 35.9 Å². The lowest BCUT2D eigenvalue weighted by molar-refractivity contribution is -0.160. The third-order valence-corrected chi connectivity index (χ3v) is 4.11. The Balaban J connectivity index is 1.86. The summed E-state index contributed by atoms with van der Waals surface area (Å²) in [5.74, 6) is -1.81. The number of hydrogen-bond acceptors (Lipinski definition) is 7. The molecule has 9 heteroatoms. The van der Waals surface area contributed by atoms with Crippen molar-refractivity contribution in [3.8, 4) is 0 Å². The number of esters is 1. The number of benzene rings is 1. The molecular weight excluding hydrogens is 380 g/mol. The second-order valence-electron chi connectivity index (χ2n) is 8.01. The molecule has 160 valence electrons. The van der Waals surface area contributed by atoms with Gasteiger partial charge in [0.2, 0.25) is 0 Å². The van der Waals surface area contributed by atoms with E-state index in [1.54, 1.807) is 20.8 Å². The summed E-state index contributed by atoms with van der Waals surface area (Å²) in [6.45, 7) is 5.74. The summed E-state index contributed by atoms with van der Waals surface area (Å²) in [4.78, 5) is 35.6. The molecule has 1 aliphatic heterocycles. The average molecular weight is 408 g/mol. The Morgan fingerprint density at radius 2 is 1.86 bits per heavy atom. The molecular formula is C20H28N2O7. The topological polar surface area (TPSA) is 123 Å². The highest BCUT2D eigenvalue weighted by Gasteiger charge is 2.43. The van der Waals surface area contributed by atoms with Crippen molar-refractivity contribution in [1.29, 1.82) is 0 Å². The lowest BCUT2D eigenvalue weighted by Gasteiger charge is -2.43. The lowest BCUT2D eigenvalue weighted by Crippen LogP contribution is -2.69. The van der Waals surface area contributed by atoms with Gasteiger partial charge in [0.05, 0.1) is 25.2 Å². The van der Waals surface area contributed by atoms with Crippen molar-refractivity contribution in [2.24, 2.45) is 0 Å². The van der Waals surface area contributed by atoms with Crippen LogP contribution in [-0.4, -0.2) is 60.1 Å². The summed E-state index contributed by atoms with van der Waals surface area (Å²) in [7, 11) is 0. The molecule has 0 spiro atoms. The highest BCUT2D eigenvalue weighted by atomic mass is 16.6. The summed E-state index contributed by atoms with van der Waals surface area (Å²) in [5, 5.41) is 15.0. The van der Waals surface area contributed by atoms with E-state index in [2.05, 4.69) is 10.6 Å². The molecule has 2 rings (SSSR count). The number of aliphatic carboxylic acids is 1. The first-order valence-corrected chi connectivity index (χ1v) is 9.33. The molecule has 0 radical (unpaired) electrons. The third kappa shape index (κ3) is 7.71. The smallest absolute Gasteiger partial charge is 0.407 e. The third-order valence-electron chi connectivity index (χ3n) is 4.11. The normalized spacial score (nSPS) is 16.2. The van der Waals surface area contributed by atoms with Gasteiger partial charge in [0, 0.05) is 6.54 Å². The molecule has 1 aromatic rings. The molecule has 1 amide bonds. The van der Waals surface area contributed by atoms with Crippen molar-refractivity contribution in [1.82, 2.24) is 10.6 Å². The maximum atomic E-state index is 12.0. The van der Waals surface area contributed by atoms with Gasteiger partial charge >= 0.3 is 18.0 Å². The van der Waals surface area contributed by atoms with Crippen molar-refractivity contribution >= 4 is 18.0 Å². The molecule has 0 aliphatic carbocycles. The van der Waals surface area contributed by atoms with Gasteiger partial charge < -0.3 is 24.6 Å². The molecule has 3 N–H and O–H groups in total. The molecule has 1 aliphatic rings. The number of rotatable bonds is 9. The second-order valence-corrected chi connectivity index (χ2v) is 8.01. The Morgan fingerprint density at radius 3 is 2.38 bits per heavy atom. The molecule has 9 nitrogen and oxygen atoms in total. The molecule has 29 heavy (non-hydrogen) atoms. The van der Waals surface area contributed by atoms with Crippen LogP contribution in [0, 0.1) is 0 Å². The van der Waals surface area contributed by atoms with Crippen LogP contribution in [-0.2, 0) is 30.4 Å². The van der Waals surface area contributed by atoms with Crippen LogP contribution in [0.2, 0.25) is 0 Å². The first-order chi connectivity index (χ1) is 13.6. The molecule has 1 fully saturated rings. The van der Waals surface area contributed by atoms with Crippen LogP contribution >= 0.6 is 0 Å². The van der Waals surface area contributed by atoms with E-state index >= 15 is 0 Å². The number of carboxylic acid groups (broad SMARTS) is 1. The van der Waals surface area contributed by atoms with Gasteiger partial charge in [0.25, 0.3) is 0 Å². The first kappa shape index (κ1) is 22.6. The summed E-state index contributed by atoms with van der Waals surface area (Å²) in [5.41, 5.74) is -0.649. The zero-order chi connectivity index (χ0) is 21.5. The maximum Gasteiger partial charge on any atom is 0.407 e. The Labute approximate surface area is 169 Å². The van der Waals surface area contributed by atoms with Gasteiger partial charge in [-0.3, -0.25) is 14.9 Å². The molecule has 0 bridgehead atoms. The average Bonchev–Trinajstić information content (AvgIpc) is 2.60. The number of hydrogen-bond donors (Lipinski definition) is 3. The largest absolute Gasteiger partial charge is 0.480 e. The Bertz CT molecular complexity index is 711. The fourth-order valence-electron chi connectivity index (χ4n) is 2.72. The van der Waals surface area contributed by atoms with E-state index in [-0.39, 0.29) is 32.8 Å². The predicted molar refractivity (Wildman–Crippen MR) is 103 cm³/mol. The van der Waals surface area contributed by atoms with E-state index < -0.39 is 35.2 Å². The van der Waals surface area contributed by atoms with E-state index in [4.69, 9.17) is 14.2 Å². The highest BCUT2D eigenvalue weighted by molar-refractivity contribution is 5.81. The fourth-order valence-corrected chi connectivity index (χ4v) is 2.72. The van der Waals surface area contributed by atoms with Crippen molar-refractivity contribution < 1.29 is 33.7 Å². The van der Waals surface area contributed by atoms with Crippen LogP contribution in [0.1, 0.15) is 32.8 Å². The van der Waals surface area contributed by atoms with E-state index in [1.807, 2.05) is 30.3 Å². The van der Waals surface area contributed by atoms with E-state index in [0.29, 0.717) is 0 Å². The van der Waals surface area contributed by atoms with Gasteiger partial charge in [-0.25, -0.2) is 4.79 Å². The van der Waals surface area contributed by atoms with Crippen LogP contribution in [0.25, 0.3) is 0 Å². The molecule has 1 heterocycles. The van der Waals surface area contributed by atoms with Gasteiger partial charge in [0.1, 0.15) is 18.2 Å². The minimum atomic E-state index is -1.19. The van der Waals surface area contributed by atoms with Crippen LogP contribution in [0.15, 0.2) is 30.3 Å². The molecule has 1 aromatic carbocycles. The molecule has 0 saturated carbocycles. The summed E-state index contributed by atoms with van der Waals surface area (Å²) in [6, 6.07) is 8.06. The number of carboxylic acids is 1. The predicted octanol–water partition coefficient (Wildman–Crippen LogP) is 1.46. The number of ether oxygens (including phenoxy) is 3. The summed E-state index contributed by atoms with van der Waals surface area (Å²) >= 11 is 0. The second kappa shape index (κ2) is 9.71. The minimum Gasteiger partial charge on any atom is -0.480 e.